The molecule has 0 spiro atoms. The number of urea groups is 1. The lowest BCUT2D eigenvalue weighted by molar-refractivity contribution is 0.0242. The van der Waals surface area contributed by atoms with E-state index in [1.165, 1.54) is 11.3 Å². The number of primary amides is 1. The molecule has 0 radical (unpaired) electrons. The third-order valence-electron chi connectivity index (χ3n) is 3.84. The van der Waals surface area contributed by atoms with Crippen molar-refractivity contribution in [1.82, 2.24) is 10.2 Å². The molecule has 2 rings (SSSR count). The highest BCUT2D eigenvalue weighted by Gasteiger charge is 2.28. The summed E-state index contributed by atoms with van der Waals surface area (Å²) in [5.74, 6) is -0.322. The van der Waals surface area contributed by atoms with E-state index in [4.69, 9.17) is 10.5 Å². The molecule has 1 aliphatic heterocycles. The van der Waals surface area contributed by atoms with Crippen LogP contribution in [0, 0.1) is 0 Å². The number of nitrogens with zero attached hydrogens (tertiary/aromatic N) is 1. The maximum absolute atomic E-state index is 12.7. The van der Waals surface area contributed by atoms with E-state index in [0.717, 1.165) is 19.3 Å². The molecular formula is C17H25BrN4O4S. The maximum atomic E-state index is 12.7. The summed E-state index contributed by atoms with van der Waals surface area (Å²) >= 11 is 4.52. The smallest absolute Gasteiger partial charge is 0.410 e. The van der Waals surface area contributed by atoms with E-state index >= 15 is 0 Å². The van der Waals surface area contributed by atoms with Gasteiger partial charge in [0.2, 0.25) is 0 Å². The first kappa shape index (κ1) is 21.5. The van der Waals surface area contributed by atoms with E-state index < -0.39 is 11.6 Å². The minimum Gasteiger partial charge on any atom is -0.444 e. The number of nitrogens with one attached hydrogen (secondary N) is 2. The van der Waals surface area contributed by atoms with Crippen LogP contribution in [0.5, 0.6) is 0 Å². The van der Waals surface area contributed by atoms with Gasteiger partial charge in [0.1, 0.15) is 10.6 Å². The van der Waals surface area contributed by atoms with Gasteiger partial charge in [0.25, 0.3) is 5.91 Å². The topological polar surface area (TPSA) is 114 Å². The van der Waals surface area contributed by atoms with Crippen LogP contribution in [0.15, 0.2) is 9.85 Å². The van der Waals surface area contributed by atoms with Crippen molar-refractivity contribution >= 4 is 50.3 Å². The third kappa shape index (κ3) is 6.69. The maximum Gasteiger partial charge on any atom is 0.410 e. The first-order valence-electron chi connectivity index (χ1n) is 8.70. The van der Waals surface area contributed by atoms with Gasteiger partial charge in [-0.15, -0.1) is 11.3 Å². The Balaban J connectivity index is 2.06. The van der Waals surface area contributed by atoms with E-state index in [1.807, 2.05) is 20.8 Å². The van der Waals surface area contributed by atoms with E-state index in [9.17, 15) is 14.4 Å². The quantitative estimate of drug-likeness (QED) is 0.639. The van der Waals surface area contributed by atoms with Crippen LogP contribution in [0.2, 0.25) is 0 Å². The molecule has 1 saturated heterocycles. The van der Waals surface area contributed by atoms with Gasteiger partial charge in [0, 0.05) is 19.1 Å². The summed E-state index contributed by atoms with van der Waals surface area (Å²) in [6.07, 6.45) is 2.13. The molecule has 0 unspecified atom stereocenters. The molecule has 1 atom stereocenters. The van der Waals surface area contributed by atoms with E-state index in [2.05, 4.69) is 26.6 Å². The van der Waals surface area contributed by atoms with Gasteiger partial charge in [-0.1, -0.05) is 0 Å². The lowest BCUT2D eigenvalue weighted by atomic mass is 10.1. The van der Waals surface area contributed by atoms with Gasteiger partial charge in [-0.05, 0) is 62.0 Å². The number of carbonyl (C=O) groups excluding carboxylic acids is 3. The van der Waals surface area contributed by atoms with Gasteiger partial charge in [0.15, 0.2) is 0 Å². The van der Waals surface area contributed by atoms with Crippen molar-refractivity contribution in [3.63, 3.8) is 0 Å². The molecule has 0 saturated carbocycles. The fraction of sp³-hybridized carbons (Fsp3) is 0.588. The summed E-state index contributed by atoms with van der Waals surface area (Å²) in [6.45, 7) is 6.45. The van der Waals surface area contributed by atoms with Crippen LogP contribution in [0.1, 0.15) is 50.4 Å². The van der Waals surface area contributed by atoms with E-state index in [-0.39, 0.29) is 18.0 Å². The van der Waals surface area contributed by atoms with Crippen LogP contribution in [0.3, 0.4) is 0 Å². The van der Waals surface area contributed by atoms with Gasteiger partial charge in [-0.2, -0.15) is 0 Å². The Bertz CT molecular complexity index is 716. The molecule has 1 aromatic rings. The molecule has 10 heteroatoms. The molecule has 1 aliphatic rings. The highest BCUT2D eigenvalue weighted by Crippen LogP contribution is 2.32. The zero-order chi connectivity index (χ0) is 20.2. The predicted octanol–water partition coefficient (Wildman–Crippen LogP) is 3.52. The number of hydrogen-bond donors (Lipinski definition) is 3. The van der Waals surface area contributed by atoms with E-state index in [0.29, 0.717) is 27.4 Å². The summed E-state index contributed by atoms with van der Waals surface area (Å²) in [6, 6.07) is 0.699. The lowest BCUT2D eigenvalue weighted by Crippen LogP contribution is -2.46. The van der Waals surface area contributed by atoms with Crippen molar-refractivity contribution in [3.8, 4) is 0 Å². The second kappa shape index (κ2) is 8.92. The molecule has 8 nitrogen and oxygen atoms in total. The molecule has 4 amide bonds. The van der Waals surface area contributed by atoms with Crippen LogP contribution >= 0.6 is 27.3 Å². The summed E-state index contributed by atoms with van der Waals surface area (Å²) in [7, 11) is 0. The normalized spacial score (nSPS) is 17.8. The van der Waals surface area contributed by atoms with Gasteiger partial charge in [-0.3, -0.25) is 10.1 Å². The van der Waals surface area contributed by atoms with Crippen LogP contribution in [-0.2, 0) is 4.74 Å². The lowest BCUT2D eigenvalue weighted by Gasteiger charge is -2.28. The molecule has 1 aromatic heterocycles. The first-order valence-corrected chi connectivity index (χ1v) is 10.3. The molecule has 2 heterocycles. The molecule has 1 fully saturated rings. The Labute approximate surface area is 170 Å². The van der Waals surface area contributed by atoms with Crippen LogP contribution in [0.4, 0.5) is 14.6 Å². The first-order chi connectivity index (χ1) is 12.5. The number of nitrogens with two attached hydrogens (primary N) is 1. The second-order valence-electron chi connectivity index (χ2n) is 7.38. The highest BCUT2D eigenvalue weighted by atomic mass is 79.9. The Morgan fingerprint density at radius 1 is 1.33 bits per heavy atom. The number of anilines is 1. The summed E-state index contributed by atoms with van der Waals surface area (Å²) in [5.41, 5.74) is 4.92. The average Bonchev–Trinajstić information content (AvgIpc) is 2.74. The molecule has 0 aliphatic carbocycles. The largest absolute Gasteiger partial charge is 0.444 e. The van der Waals surface area contributed by atoms with Crippen LogP contribution in [0.25, 0.3) is 0 Å². The Kier molecular flexibility index (Phi) is 7.10. The predicted molar refractivity (Wildman–Crippen MR) is 108 cm³/mol. The SMILES string of the molecule is CC(C)(C)OC(=O)N1CCCC[C@H](NC(=O)c2cc(Br)sc2NC(N)=O)C1. The summed E-state index contributed by atoms with van der Waals surface area (Å²) in [5, 5.41) is 5.79. The Hall–Kier alpha value is -1.81. The van der Waals surface area contributed by atoms with Crippen molar-refractivity contribution in [2.24, 2.45) is 5.73 Å². The van der Waals surface area contributed by atoms with Crippen molar-refractivity contribution in [1.29, 1.82) is 0 Å². The van der Waals surface area contributed by atoms with Gasteiger partial charge >= 0.3 is 12.1 Å². The molecule has 0 aromatic carbocycles. The van der Waals surface area contributed by atoms with Gasteiger partial charge in [0.05, 0.1) is 9.35 Å². The Morgan fingerprint density at radius 3 is 2.67 bits per heavy atom. The fourth-order valence-corrected chi connectivity index (χ4v) is 4.25. The number of carbonyl (C=O) groups is 3. The monoisotopic (exact) mass is 460 g/mol. The number of likely N-dealkylation sites (tertiary alicyclic amines) is 1. The summed E-state index contributed by atoms with van der Waals surface area (Å²) < 4.78 is 6.15. The van der Waals surface area contributed by atoms with E-state index in [1.54, 1.807) is 11.0 Å². The third-order valence-corrected chi connectivity index (χ3v) is 5.40. The Morgan fingerprint density at radius 2 is 2.04 bits per heavy atom. The zero-order valence-corrected chi connectivity index (χ0v) is 18.0. The number of hydrogen-bond acceptors (Lipinski definition) is 5. The van der Waals surface area contributed by atoms with Crippen molar-refractivity contribution in [2.45, 2.75) is 51.7 Å². The van der Waals surface area contributed by atoms with Crippen LogP contribution < -0.4 is 16.4 Å². The van der Waals surface area contributed by atoms with Crippen LogP contribution in [-0.4, -0.2) is 47.7 Å². The minimum absolute atomic E-state index is 0.201. The van der Waals surface area contributed by atoms with Gasteiger partial charge < -0.3 is 20.7 Å². The second-order valence-corrected chi connectivity index (χ2v) is 9.81. The van der Waals surface area contributed by atoms with Crippen molar-refractivity contribution in [3.05, 3.63) is 15.4 Å². The number of ether oxygens (including phenoxy) is 1. The average molecular weight is 461 g/mol. The molecule has 27 heavy (non-hydrogen) atoms. The number of thiophene rings is 1. The van der Waals surface area contributed by atoms with Crippen molar-refractivity contribution < 1.29 is 19.1 Å². The highest BCUT2D eigenvalue weighted by molar-refractivity contribution is 9.11. The summed E-state index contributed by atoms with van der Waals surface area (Å²) in [4.78, 5) is 37.8. The standard InChI is InChI=1S/C17H25BrN4O4S/c1-17(2,3)26-16(25)22-7-5-4-6-10(9-22)20-13(23)11-8-12(18)27-14(11)21-15(19)24/h8,10H,4-7,9H2,1-3H3,(H,20,23)(H3,19,21,24)/t10-/m0/s1. The number of rotatable bonds is 3. The molecular weight excluding hydrogens is 436 g/mol. The number of halogens is 1. The molecule has 150 valence electrons. The number of amides is 4. The van der Waals surface area contributed by atoms with Crippen molar-refractivity contribution in [2.75, 3.05) is 18.4 Å². The minimum atomic E-state index is -0.732. The fourth-order valence-electron chi connectivity index (χ4n) is 2.75. The van der Waals surface area contributed by atoms with Gasteiger partial charge in [-0.25, -0.2) is 9.59 Å². The molecule has 4 N–H and O–H groups in total. The molecule has 0 bridgehead atoms. The zero-order valence-electron chi connectivity index (χ0n) is 15.6.